The molecule has 135 valence electrons. The SMILES string of the molecule is CC1=C(CN(C)C(C)[CH]C(C)C)C=CC(c2cccc([N+](=O)[O-])c2)C1. The fourth-order valence-electron chi connectivity index (χ4n) is 3.31. The molecule has 0 saturated carbocycles. The molecule has 0 fully saturated rings. The van der Waals surface area contributed by atoms with Crippen molar-refractivity contribution in [1.82, 2.24) is 4.90 Å². The summed E-state index contributed by atoms with van der Waals surface area (Å²) in [7, 11) is 2.16. The van der Waals surface area contributed by atoms with Crippen molar-refractivity contribution in [3.8, 4) is 0 Å². The maximum Gasteiger partial charge on any atom is 0.269 e. The van der Waals surface area contributed by atoms with Crippen LogP contribution in [0.1, 0.15) is 45.6 Å². The number of allylic oxidation sites excluding steroid dienone is 2. The Morgan fingerprint density at radius 3 is 2.68 bits per heavy atom. The molecule has 25 heavy (non-hydrogen) atoms. The average molecular weight is 341 g/mol. The molecular formula is C21H29N2O2. The van der Waals surface area contributed by atoms with Gasteiger partial charge in [-0.25, -0.2) is 0 Å². The quantitative estimate of drug-likeness (QED) is 0.510. The van der Waals surface area contributed by atoms with Crippen LogP contribution in [0.5, 0.6) is 0 Å². The first-order valence-electron chi connectivity index (χ1n) is 8.94. The summed E-state index contributed by atoms with van der Waals surface area (Å²) < 4.78 is 0. The minimum Gasteiger partial charge on any atom is -0.299 e. The molecule has 4 heteroatoms. The monoisotopic (exact) mass is 341 g/mol. The van der Waals surface area contributed by atoms with E-state index in [2.05, 4.69) is 58.2 Å². The number of benzene rings is 1. The maximum atomic E-state index is 11.0. The van der Waals surface area contributed by atoms with Gasteiger partial charge in [0, 0.05) is 30.6 Å². The van der Waals surface area contributed by atoms with Crippen LogP contribution in [0.15, 0.2) is 47.6 Å². The normalized spacial score (nSPS) is 18.9. The molecule has 0 aliphatic heterocycles. The van der Waals surface area contributed by atoms with Crippen molar-refractivity contribution in [2.75, 3.05) is 13.6 Å². The molecule has 2 rings (SSSR count). The van der Waals surface area contributed by atoms with Crippen LogP contribution in [-0.2, 0) is 0 Å². The van der Waals surface area contributed by atoms with Crippen molar-refractivity contribution in [2.45, 2.75) is 46.1 Å². The Balaban J connectivity index is 2.05. The second kappa shape index (κ2) is 8.43. The molecule has 0 saturated heterocycles. The van der Waals surface area contributed by atoms with Crippen molar-refractivity contribution < 1.29 is 4.92 Å². The largest absolute Gasteiger partial charge is 0.299 e. The van der Waals surface area contributed by atoms with Gasteiger partial charge in [0.25, 0.3) is 5.69 Å². The van der Waals surface area contributed by atoms with Crippen molar-refractivity contribution >= 4 is 5.69 Å². The van der Waals surface area contributed by atoms with Crippen molar-refractivity contribution in [1.29, 1.82) is 0 Å². The fourth-order valence-corrected chi connectivity index (χ4v) is 3.31. The number of non-ortho nitro benzene ring substituents is 1. The highest BCUT2D eigenvalue weighted by Gasteiger charge is 2.19. The van der Waals surface area contributed by atoms with Crippen LogP contribution >= 0.6 is 0 Å². The Morgan fingerprint density at radius 2 is 2.08 bits per heavy atom. The van der Waals surface area contributed by atoms with Gasteiger partial charge >= 0.3 is 0 Å². The molecule has 1 aromatic rings. The van der Waals surface area contributed by atoms with E-state index in [1.165, 1.54) is 11.1 Å². The number of hydrogen-bond donors (Lipinski definition) is 0. The zero-order chi connectivity index (χ0) is 18.6. The predicted molar refractivity (Wildman–Crippen MR) is 104 cm³/mol. The van der Waals surface area contributed by atoms with Gasteiger partial charge in [0.15, 0.2) is 0 Å². The van der Waals surface area contributed by atoms with Gasteiger partial charge in [-0.3, -0.25) is 15.0 Å². The van der Waals surface area contributed by atoms with Gasteiger partial charge in [0.1, 0.15) is 0 Å². The Bertz CT molecular complexity index is 676. The highest BCUT2D eigenvalue weighted by Crippen LogP contribution is 2.33. The molecule has 4 nitrogen and oxygen atoms in total. The second-order valence-electron chi connectivity index (χ2n) is 7.42. The van der Waals surface area contributed by atoms with Gasteiger partial charge in [-0.1, -0.05) is 43.7 Å². The molecule has 1 aliphatic rings. The van der Waals surface area contributed by atoms with Crippen LogP contribution in [0.25, 0.3) is 0 Å². The lowest BCUT2D eigenvalue weighted by molar-refractivity contribution is -0.384. The predicted octanol–water partition coefficient (Wildman–Crippen LogP) is 5.14. The van der Waals surface area contributed by atoms with E-state index in [1.807, 2.05) is 6.07 Å². The summed E-state index contributed by atoms with van der Waals surface area (Å²) in [6, 6.07) is 7.42. The minimum absolute atomic E-state index is 0.163. The first-order chi connectivity index (χ1) is 11.8. The van der Waals surface area contributed by atoms with Gasteiger partial charge in [0.2, 0.25) is 0 Å². The first-order valence-corrected chi connectivity index (χ1v) is 8.94. The Hall–Kier alpha value is -1.94. The first kappa shape index (κ1) is 19.4. The van der Waals surface area contributed by atoms with Crippen molar-refractivity contribution in [2.24, 2.45) is 5.92 Å². The van der Waals surface area contributed by atoms with E-state index in [-0.39, 0.29) is 16.5 Å². The number of hydrogen-bond acceptors (Lipinski definition) is 3. The summed E-state index contributed by atoms with van der Waals surface area (Å²) >= 11 is 0. The van der Waals surface area contributed by atoms with Crippen molar-refractivity contribution in [3.05, 3.63) is 69.7 Å². The molecule has 2 atom stereocenters. The number of likely N-dealkylation sites (N-methyl/N-ethyl adjacent to an activating group) is 1. The van der Waals surface area contributed by atoms with Gasteiger partial charge in [-0.2, -0.15) is 0 Å². The topological polar surface area (TPSA) is 46.4 Å². The number of nitro groups is 1. The van der Waals surface area contributed by atoms with Gasteiger partial charge in [-0.05, 0) is 50.8 Å². The highest BCUT2D eigenvalue weighted by atomic mass is 16.6. The molecule has 2 unspecified atom stereocenters. The molecule has 0 spiro atoms. The lowest BCUT2D eigenvalue weighted by Crippen LogP contribution is -2.32. The standard InChI is InChI=1S/C21H29N2O2/c1-15(2)11-17(4)22(5)14-20-10-9-19(12-16(20)3)18-7-6-8-21(13-18)23(24)25/h6-11,13,15,17,19H,12,14H2,1-5H3. The summed E-state index contributed by atoms with van der Waals surface area (Å²) in [5.41, 5.74) is 3.89. The number of nitrogens with zero attached hydrogens (tertiary/aromatic N) is 2. The van der Waals surface area contributed by atoms with Crippen LogP contribution in [0, 0.1) is 22.5 Å². The molecule has 1 aromatic carbocycles. The molecule has 0 heterocycles. The summed E-state index contributed by atoms with van der Waals surface area (Å²) in [5.74, 6) is 0.793. The summed E-state index contributed by atoms with van der Waals surface area (Å²) in [4.78, 5) is 13.0. The summed E-state index contributed by atoms with van der Waals surface area (Å²) in [5, 5.41) is 11.0. The Morgan fingerprint density at radius 1 is 1.36 bits per heavy atom. The smallest absolute Gasteiger partial charge is 0.269 e. The van der Waals surface area contributed by atoms with E-state index in [9.17, 15) is 10.1 Å². The molecule has 1 aliphatic carbocycles. The molecule has 0 bridgehead atoms. The molecular weight excluding hydrogens is 312 g/mol. The van der Waals surface area contributed by atoms with Gasteiger partial charge < -0.3 is 0 Å². The second-order valence-corrected chi connectivity index (χ2v) is 7.42. The number of nitro benzene ring substituents is 1. The van der Waals surface area contributed by atoms with E-state index < -0.39 is 0 Å². The maximum absolute atomic E-state index is 11.0. The van der Waals surface area contributed by atoms with Crippen LogP contribution in [0.2, 0.25) is 0 Å². The lowest BCUT2D eigenvalue weighted by Gasteiger charge is -2.29. The third-order valence-corrected chi connectivity index (χ3v) is 4.89. The molecule has 1 radical (unpaired) electrons. The van der Waals surface area contributed by atoms with E-state index in [0.29, 0.717) is 12.0 Å². The van der Waals surface area contributed by atoms with Crippen molar-refractivity contribution in [3.63, 3.8) is 0 Å². The zero-order valence-electron chi connectivity index (χ0n) is 15.9. The number of rotatable bonds is 7. The zero-order valence-corrected chi connectivity index (χ0v) is 15.9. The minimum atomic E-state index is -0.328. The van der Waals surface area contributed by atoms with Gasteiger partial charge in [0.05, 0.1) is 4.92 Å². The molecule has 0 aromatic heterocycles. The van der Waals surface area contributed by atoms with E-state index in [0.717, 1.165) is 18.5 Å². The molecule has 0 N–H and O–H groups in total. The highest BCUT2D eigenvalue weighted by molar-refractivity contribution is 5.42. The van der Waals surface area contributed by atoms with E-state index >= 15 is 0 Å². The van der Waals surface area contributed by atoms with Crippen LogP contribution in [-0.4, -0.2) is 29.5 Å². The lowest BCUT2D eigenvalue weighted by atomic mass is 9.85. The Labute approximate surface area is 151 Å². The Kier molecular flexibility index (Phi) is 6.54. The average Bonchev–Trinajstić information content (AvgIpc) is 2.56. The van der Waals surface area contributed by atoms with Gasteiger partial charge in [-0.15, -0.1) is 0 Å². The van der Waals surface area contributed by atoms with Crippen LogP contribution in [0.4, 0.5) is 5.69 Å². The van der Waals surface area contributed by atoms with Crippen LogP contribution < -0.4 is 0 Å². The van der Waals surface area contributed by atoms with E-state index in [1.54, 1.807) is 18.2 Å². The fraction of sp³-hybridized carbons (Fsp3) is 0.476. The van der Waals surface area contributed by atoms with Crippen LogP contribution in [0.3, 0.4) is 0 Å². The third-order valence-electron chi connectivity index (χ3n) is 4.89. The third kappa shape index (κ3) is 5.27. The summed E-state index contributed by atoms with van der Waals surface area (Å²) in [6.07, 6.45) is 7.66. The molecule has 0 amide bonds. The van der Waals surface area contributed by atoms with E-state index in [4.69, 9.17) is 0 Å². The summed E-state index contributed by atoms with van der Waals surface area (Å²) in [6.45, 7) is 9.74.